The van der Waals surface area contributed by atoms with Crippen molar-refractivity contribution in [2.24, 2.45) is 10.8 Å². The maximum atomic E-state index is 11.7. The highest BCUT2D eigenvalue weighted by Gasteiger charge is 2.12. The van der Waals surface area contributed by atoms with E-state index in [-0.39, 0.29) is 16.9 Å². The van der Waals surface area contributed by atoms with E-state index in [1.807, 2.05) is 12.3 Å². The number of nitrogens with two attached hydrogens (primary N) is 1. The number of rotatable bonds is 2. The van der Waals surface area contributed by atoms with Crippen LogP contribution in [0.1, 0.15) is 11.1 Å². The van der Waals surface area contributed by atoms with Gasteiger partial charge in [-0.15, -0.1) is 0 Å². The quantitative estimate of drug-likeness (QED) is 0.421. The Labute approximate surface area is 107 Å². The first-order valence-corrected chi connectivity index (χ1v) is 5.34. The van der Waals surface area contributed by atoms with Crippen LogP contribution in [0.25, 0.3) is 11.0 Å². The molecular formula is C12H11N3O4. The lowest BCUT2D eigenvalue weighted by atomic mass is 10.1. The summed E-state index contributed by atoms with van der Waals surface area (Å²) in [5.41, 5.74) is 6.99. The molecule has 0 spiro atoms. The number of carbonyl (C=O) groups is 1. The number of aromatic hydroxyl groups is 1. The van der Waals surface area contributed by atoms with Gasteiger partial charge in [-0.05, 0) is 24.6 Å². The first kappa shape index (κ1) is 12.6. The van der Waals surface area contributed by atoms with Crippen LogP contribution in [0.2, 0.25) is 0 Å². The molecule has 1 heterocycles. The number of aryl methyl sites for hydroxylation is 1. The van der Waals surface area contributed by atoms with Crippen LogP contribution in [-0.2, 0) is 0 Å². The maximum Gasteiger partial charge on any atom is 0.349 e. The number of benzene rings is 1. The molecule has 0 atom stereocenters. The number of hydrogen-bond acceptors (Lipinski definition) is 5. The van der Waals surface area contributed by atoms with Gasteiger partial charge >= 0.3 is 11.7 Å². The van der Waals surface area contributed by atoms with Crippen molar-refractivity contribution in [1.29, 1.82) is 0 Å². The molecule has 0 fully saturated rings. The van der Waals surface area contributed by atoms with E-state index >= 15 is 0 Å². The number of nitrogens with zero attached hydrogens (tertiary/aromatic N) is 1. The fourth-order valence-electron chi connectivity index (χ4n) is 1.58. The van der Waals surface area contributed by atoms with Crippen molar-refractivity contribution in [3.63, 3.8) is 0 Å². The van der Waals surface area contributed by atoms with Crippen LogP contribution in [0, 0.1) is 6.92 Å². The summed E-state index contributed by atoms with van der Waals surface area (Å²) in [6, 6.07) is 4.15. The molecule has 0 saturated carbocycles. The second-order valence-corrected chi connectivity index (χ2v) is 3.89. The Kier molecular flexibility index (Phi) is 3.19. The fraction of sp³-hybridized carbons (Fsp3) is 0.0833. The molecule has 0 radical (unpaired) electrons. The van der Waals surface area contributed by atoms with Crippen LogP contribution < -0.4 is 16.8 Å². The number of hydrogen-bond donors (Lipinski definition) is 3. The summed E-state index contributed by atoms with van der Waals surface area (Å²) in [4.78, 5) is 22.1. The van der Waals surface area contributed by atoms with Crippen molar-refractivity contribution in [2.75, 3.05) is 0 Å². The molecular weight excluding hydrogens is 250 g/mol. The number of fused-ring (bicyclic) bond motifs is 1. The molecule has 0 aliphatic carbocycles. The zero-order chi connectivity index (χ0) is 14.0. The van der Waals surface area contributed by atoms with Gasteiger partial charge in [-0.1, -0.05) is 6.07 Å². The van der Waals surface area contributed by atoms with E-state index < -0.39 is 11.7 Å². The van der Waals surface area contributed by atoms with E-state index in [1.165, 1.54) is 0 Å². The van der Waals surface area contributed by atoms with Gasteiger partial charge in [0.2, 0.25) is 0 Å². The van der Waals surface area contributed by atoms with E-state index in [0.29, 0.717) is 5.39 Å². The molecule has 0 aliphatic heterocycles. The molecule has 4 N–H and O–H groups in total. The first-order chi connectivity index (χ1) is 8.99. The number of carbonyl (C=O) groups excluding carboxylic acids is 1. The van der Waals surface area contributed by atoms with E-state index in [4.69, 9.17) is 10.2 Å². The minimum atomic E-state index is -0.878. The van der Waals surface area contributed by atoms with Crippen LogP contribution in [0.15, 0.2) is 32.5 Å². The topological polar surface area (TPSA) is 118 Å². The highest BCUT2D eigenvalue weighted by molar-refractivity contribution is 5.93. The predicted octanol–water partition coefficient (Wildman–Crippen LogP) is 0.809. The molecule has 7 nitrogen and oxygen atoms in total. The summed E-state index contributed by atoms with van der Waals surface area (Å²) >= 11 is 0. The van der Waals surface area contributed by atoms with Crippen molar-refractivity contribution < 1.29 is 14.3 Å². The van der Waals surface area contributed by atoms with Crippen molar-refractivity contribution in [3.05, 3.63) is 39.7 Å². The van der Waals surface area contributed by atoms with Gasteiger partial charge < -0.3 is 15.3 Å². The zero-order valence-electron chi connectivity index (χ0n) is 10.0. The van der Waals surface area contributed by atoms with Gasteiger partial charge in [-0.25, -0.2) is 15.0 Å². The van der Waals surface area contributed by atoms with E-state index in [9.17, 15) is 14.7 Å². The highest BCUT2D eigenvalue weighted by Crippen LogP contribution is 2.25. The number of urea groups is 1. The molecule has 0 saturated heterocycles. The summed E-state index contributed by atoms with van der Waals surface area (Å²) < 4.78 is 5.06. The van der Waals surface area contributed by atoms with Crippen molar-refractivity contribution in [3.8, 4) is 5.75 Å². The van der Waals surface area contributed by atoms with Crippen LogP contribution in [-0.4, -0.2) is 17.4 Å². The van der Waals surface area contributed by atoms with Crippen molar-refractivity contribution in [2.45, 2.75) is 6.92 Å². The van der Waals surface area contributed by atoms with Gasteiger partial charge in [-0.3, -0.25) is 0 Å². The Morgan fingerprint density at radius 1 is 1.53 bits per heavy atom. The Bertz CT molecular complexity index is 734. The van der Waals surface area contributed by atoms with Crippen molar-refractivity contribution >= 4 is 23.2 Å². The minimum absolute atomic E-state index is 0.162. The SMILES string of the molecule is Cc1ccc2c(O)c(/C=N/NC(N)=O)c(=O)oc2c1. The van der Waals surface area contributed by atoms with Gasteiger partial charge in [-0.2, -0.15) is 5.10 Å². The average Bonchev–Trinajstić information content (AvgIpc) is 2.32. The summed E-state index contributed by atoms with van der Waals surface area (Å²) in [6.45, 7) is 1.84. The third-order valence-electron chi connectivity index (χ3n) is 2.44. The molecule has 0 unspecified atom stereocenters. The first-order valence-electron chi connectivity index (χ1n) is 5.34. The summed E-state index contributed by atoms with van der Waals surface area (Å²) in [7, 11) is 0. The summed E-state index contributed by atoms with van der Waals surface area (Å²) in [5.74, 6) is -0.263. The standard InChI is InChI=1S/C12H11N3O4/c1-6-2-3-7-9(4-6)19-11(17)8(10(7)16)5-14-15-12(13)18/h2-5,16H,1H3,(H3,13,15,18)/b14-5+. The molecule has 2 amide bonds. The maximum absolute atomic E-state index is 11.7. The smallest absolute Gasteiger partial charge is 0.349 e. The minimum Gasteiger partial charge on any atom is -0.506 e. The molecule has 0 aliphatic rings. The second-order valence-electron chi connectivity index (χ2n) is 3.89. The largest absolute Gasteiger partial charge is 0.506 e. The lowest BCUT2D eigenvalue weighted by Gasteiger charge is -2.03. The van der Waals surface area contributed by atoms with Gasteiger partial charge in [0.1, 0.15) is 16.9 Å². The molecule has 1 aromatic heterocycles. The van der Waals surface area contributed by atoms with Crippen molar-refractivity contribution in [1.82, 2.24) is 5.43 Å². The summed E-state index contributed by atoms with van der Waals surface area (Å²) in [5, 5.41) is 13.8. The zero-order valence-corrected chi connectivity index (χ0v) is 10.0. The third-order valence-corrected chi connectivity index (χ3v) is 2.44. The van der Waals surface area contributed by atoms with Crippen LogP contribution in [0.3, 0.4) is 0 Å². The number of amides is 2. The van der Waals surface area contributed by atoms with Gasteiger partial charge in [0, 0.05) is 0 Å². The predicted molar refractivity (Wildman–Crippen MR) is 69.2 cm³/mol. The Morgan fingerprint density at radius 2 is 2.26 bits per heavy atom. The lowest BCUT2D eigenvalue weighted by Crippen LogP contribution is -2.24. The molecule has 7 heteroatoms. The molecule has 1 aromatic carbocycles. The fourth-order valence-corrected chi connectivity index (χ4v) is 1.58. The number of hydrazone groups is 1. The molecule has 2 rings (SSSR count). The molecule has 19 heavy (non-hydrogen) atoms. The van der Waals surface area contributed by atoms with Crippen LogP contribution in [0.5, 0.6) is 5.75 Å². The summed E-state index contributed by atoms with van der Waals surface area (Å²) in [6.07, 6.45) is 0.977. The second kappa shape index (κ2) is 4.81. The van der Waals surface area contributed by atoms with Crippen LogP contribution in [0.4, 0.5) is 4.79 Å². The third kappa shape index (κ3) is 2.54. The van der Waals surface area contributed by atoms with E-state index in [2.05, 4.69) is 5.10 Å². The van der Waals surface area contributed by atoms with Gasteiger partial charge in [0.05, 0.1) is 11.6 Å². The number of nitrogens with one attached hydrogen (secondary N) is 1. The Morgan fingerprint density at radius 3 is 2.95 bits per heavy atom. The molecule has 2 aromatic rings. The van der Waals surface area contributed by atoms with Gasteiger partial charge in [0.25, 0.3) is 0 Å². The monoisotopic (exact) mass is 261 g/mol. The number of primary amides is 1. The normalized spacial score (nSPS) is 11.0. The van der Waals surface area contributed by atoms with Gasteiger partial charge in [0.15, 0.2) is 0 Å². The highest BCUT2D eigenvalue weighted by atomic mass is 16.4. The Hall–Kier alpha value is -2.83. The average molecular weight is 261 g/mol. The Balaban J connectivity index is 2.57. The van der Waals surface area contributed by atoms with E-state index in [0.717, 1.165) is 11.8 Å². The molecule has 98 valence electrons. The van der Waals surface area contributed by atoms with E-state index in [1.54, 1.807) is 18.2 Å². The molecule has 0 bridgehead atoms. The van der Waals surface area contributed by atoms with Crippen LogP contribution >= 0.6 is 0 Å². The lowest BCUT2D eigenvalue weighted by molar-refractivity contribution is 0.249.